The SMILES string of the molecule is CC.CN1Cc2c(cnn2C2CN(Cc3cccc(C(=O)N4CC(F)C4)n3)C2)-c2cccc(NC(/C=C(\N)NC(=O)C3CC3)=C(/N)C(=O)NC3CC3)c21. The fraction of sp³-hybridized carbons (Fsp3) is 0.447. The molecule has 2 saturated carbocycles. The zero-order chi connectivity index (χ0) is 37.4. The molecule has 1 aromatic carbocycles. The lowest BCUT2D eigenvalue weighted by Gasteiger charge is -2.40. The molecule has 280 valence electrons. The lowest BCUT2D eigenvalue weighted by atomic mass is 9.97. The number of hydrogen-bond donors (Lipinski definition) is 5. The monoisotopic (exact) mass is 725 g/mol. The highest BCUT2D eigenvalue weighted by molar-refractivity contribution is 5.96. The molecule has 0 unspecified atom stereocenters. The van der Waals surface area contributed by atoms with Crippen LogP contribution in [0.15, 0.2) is 65.9 Å². The van der Waals surface area contributed by atoms with Crippen molar-refractivity contribution in [2.75, 3.05) is 43.4 Å². The summed E-state index contributed by atoms with van der Waals surface area (Å²) >= 11 is 0. The minimum Gasteiger partial charge on any atom is -0.393 e. The van der Waals surface area contributed by atoms with Crippen LogP contribution in [0, 0.1) is 5.92 Å². The first-order chi connectivity index (χ1) is 25.6. The summed E-state index contributed by atoms with van der Waals surface area (Å²) < 4.78 is 15.4. The molecule has 3 aromatic rings. The van der Waals surface area contributed by atoms with Gasteiger partial charge in [-0.15, -0.1) is 0 Å². The van der Waals surface area contributed by atoms with E-state index in [1.165, 1.54) is 11.0 Å². The summed E-state index contributed by atoms with van der Waals surface area (Å²) in [6.07, 6.45) is 5.97. The quantitative estimate of drug-likeness (QED) is 0.146. The topological polar surface area (TPSA) is 180 Å². The number of nitrogens with two attached hydrogens (primary N) is 2. The molecule has 3 aliphatic heterocycles. The summed E-state index contributed by atoms with van der Waals surface area (Å²) in [5, 5.41) is 13.9. The molecule has 0 atom stereocenters. The number of anilines is 2. The molecule has 3 amide bonds. The lowest BCUT2D eigenvalue weighted by molar-refractivity contribution is -0.121. The molecule has 5 aliphatic rings. The molecule has 14 nitrogen and oxygen atoms in total. The Hall–Kier alpha value is -5.44. The lowest BCUT2D eigenvalue weighted by Crippen LogP contribution is -2.51. The van der Waals surface area contributed by atoms with Gasteiger partial charge in [0, 0.05) is 55.8 Å². The highest BCUT2D eigenvalue weighted by atomic mass is 19.1. The van der Waals surface area contributed by atoms with Crippen LogP contribution >= 0.6 is 0 Å². The highest BCUT2D eigenvalue weighted by Crippen LogP contribution is 2.44. The summed E-state index contributed by atoms with van der Waals surface area (Å²) in [4.78, 5) is 48.5. The minimum absolute atomic E-state index is 0.0239. The molecule has 2 aliphatic carbocycles. The number of nitrogens with zero attached hydrogens (tertiary/aromatic N) is 6. The maximum Gasteiger partial charge on any atom is 0.272 e. The van der Waals surface area contributed by atoms with Crippen molar-refractivity contribution < 1.29 is 18.8 Å². The number of para-hydroxylation sites is 1. The fourth-order valence-corrected chi connectivity index (χ4v) is 6.88. The predicted octanol–water partition coefficient (Wildman–Crippen LogP) is 2.96. The van der Waals surface area contributed by atoms with E-state index in [2.05, 4.69) is 41.5 Å². The molecular formula is C38H48FN11O3. The Balaban J connectivity index is 0.00000214. The number of pyridine rings is 1. The molecule has 5 heterocycles. The van der Waals surface area contributed by atoms with Crippen molar-refractivity contribution in [2.24, 2.45) is 17.4 Å². The van der Waals surface area contributed by atoms with Crippen LogP contribution in [-0.4, -0.2) is 87.7 Å². The summed E-state index contributed by atoms with van der Waals surface area (Å²) in [7, 11) is 2.01. The molecule has 53 heavy (non-hydrogen) atoms. The van der Waals surface area contributed by atoms with E-state index in [0.29, 0.717) is 18.8 Å². The van der Waals surface area contributed by atoms with Crippen molar-refractivity contribution in [1.29, 1.82) is 0 Å². The largest absolute Gasteiger partial charge is 0.393 e. The third kappa shape index (κ3) is 7.70. The van der Waals surface area contributed by atoms with Gasteiger partial charge in [0.25, 0.3) is 11.8 Å². The summed E-state index contributed by atoms with van der Waals surface area (Å²) in [5.74, 6) is -0.693. The molecule has 15 heteroatoms. The average Bonchev–Trinajstić information content (AvgIpc) is 4.07. The van der Waals surface area contributed by atoms with Gasteiger partial charge in [0.2, 0.25) is 5.91 Å². The first-order valence-electron chi connectivity index (χ1n) is 18.5. The van der Waals surface area contributed by atoms with E-state index in [0.717, 1.165) is 72.7 Å². The smallest absolute Gasteiger partial charge is 0.272 e. The summed E-state index contributed by atoms with van der Waals surface area (Å²) in [6, 6.07) is 11.6. The Morgan fingerprint density at radius 2 is 1.72 bits per heavy atom. The van der Waals surface area contributed by atoms with Crippen molar-refractivity contribution >= 4 is 29.1 Å². The molecule has 8 rings (SSSR count). The van der Waals surface area contributed by atoms with Gasteiger partial charge in [-0.25, -0.2) is 9.37 Å². The van der Waals surface area contributed by atoms with E-state index < -0.39 is 12.1 Å². The van der Waals surface area contributed by atoms with Gasteiger partial charge in [-0.3, -0.25) is 24.0 Å². The second kappa shape index (κ2) is 14.9. The molecule has 2 saturated heterocycles. The van der Waals surface area contributed by atoms with Crippen LogP contribution in [0.1, 0.15) is 67.4 Å². The number of amides is 3. The molecule has 0 spiro atoms. The molecule has 0 bridgehead atoms. The molecule has 2 aromatic heterocycles. The predicted molar refractivity (Wildman–Crippen MR) is 200 cm³/mol. The minimum atomic E-state index is -0.948. The van der Waals surface area contributed by atoms with Crippen LogP contribution in [0.5, 0.6) is 0 Å². The Kier molecular flexibility index (Phi) is 10.1. The van der Waals surface area contributed by atoms with Crippen molar-refractivity contribution in [2.45, 2.75) is 70.9 Å². The van der Waals surface area contributed by atoms with Crippen LogP contribution in [0.25, 0.3) is 11.1 Å². The van der Waals surface area contributed by atoms with Gasteiger partial charge >= 0.3 is 0 Å². The van der Waals surface area contributed by atoms with E-state index in [1.54, 1.807) is 6.07 Å². The first-order valence-corrected chi connectivity index (χ1v) is 18.5. The Morgan fingerprint density at radius 3 is 2.42 bits per heavy atom. The van der Waals surface area contributed by atoms with Gasteiger partial charge in [0.1, 0.15) is 23.4 Å². The van der Waals surface area contributed by atoms with Gasteiger partial charge in [-0.2, -0.15) is 5.10 Å². The standard InChI is InChI=1S/C36H42FN11O3.C2H6/c1-45-19-30-26(13-40-48(30)24-17-46(18-24)16-23-4-2-7-28(41-23)36(51)47-14-21(37)15-47)25-5-3-6-27(33(25)45)43-29(32(39)35(50)42-22-10-11-22)12-31(38)44-34(49)20-8-9-20;1-2/h2-7,12-13,20-22,24,43H,8-11,14-19,38-39H2,1H3,(H,42,50)(H,44,49);1-2H3/b31-12+,32-29+;. The number of allylic oxidation sites excluding steroid dienone is 1. The van der Waals surface area contributed by atoms with Crippen molar-refractivity contribution in [3.05, 3.63) is 83.0 Å². The van der Waals surface area contributed by atoms with E-state index in [-0.39, 0.29) is 60.1 Å². The Labute approximate surface area is 308 Å². The zero-order valence-corrected chi connectivity index (χ0v) is 30.4. The van der Waals surface area contributed by atoms with Crippen LogP contribution in [-0.2, 0) is 22.7 Å². The third-order valence-electron chi connectivity index (χ3n) is 10.0. The van der Waals surface area contributed by atoms with Crippen molar-refractivity contribution in [1.82, 2.24) is 35.2 Å². The Bertz CT molecular complexity index is 1960. The van der Waals surface area contributed by atoms with Gasteiger partial charge < -0.3 is 37.2 Å². The number of carbonyl (C=O) groups excluding carboxylic acids is 3. The number of carbonyl (C=O) groups is 3. The third-order valence-corrected chi connectivity index (χ3v) is 10.0. The maximum atomic E-state index is 13.3. The number of halogens is 1. The van der Waals surface area contributed by atoms with Gasteiger partial charge in [0.15, 0.2) is 0 Å². The second-order valence-electron chi connectivity index (χ2n) is 14.2. The maximum absolute atomic E-state index is 13.3. The number of alkyl halides is 1. The van der Waals surface area contributed by atoms with E-state index in [1.807, 2.05) is 51.4 Å². The van der Waals surface area contributed by atoms with Crippen LogP contribution in [0.2, 0.25) is 0 Å². The molecule has 7 N–H and O–H groups in total. The summed E-state index contributed by atoms with van der Waals surface area (Å²) in [6.45, 7) is 7.02. The van der Waals surface area contributed by atoms with Gasteiger partial charge in [0.05, 0.1) is 60.3 Å². The summed E-state index contributed by atoms with van der Waals surface area (Å²) in [5.41, 5.74) is 18.8. The molecular weight excluding hydrogens is 677 g/mol. The van der Waals surface area contributed by atoms with Crippen LogP contribution in [0.4, 0.5) is 15.8 Å². The normalized spacial score (nSPS) is 19.1. The number of fused-ring (bicyclic) bond motifs is 3. The Morgan fingerprint density at radius 1 is 0.981 bits per heavy atom. The van der Waals surface area contributed by atoms with Gasteiger partial charge in [-0.05, 0) is 43.9 Å². The zero-order valence-electron chi connectivity index (χ0n) is 30.4. The number of aromatic nitrogens is 3. The fourth-order valence-electron chi connectivity index (χ4n) is 6.88. The second-order valence-corrected chi connectivity index (χ2v) is 14.2. The number of hydrogen-bond acceptors (Lipinski definition) is 10. The van der Waals surface area contributed by atoms with Crippen molar-refractivity contribution in [3.63, 3.8) is 0 Å². The average molecular weight is 726 g/mol. The van der Waals surface area contributed by atoms with Crippen molar-refractivity contribution in [3.8, 4) is 11.1 Å². The van der Waals surface area contributed by atoms with E-state index in [9.17, 15) is 18.8 Å². The first kappa shape index (κ1) is 35.9. The van der Waals surface area contributed by atoms with E-state index >= 15 is 0 Å². The number of rotatable bonds is 11. The van der Waals surface area contributed by atoms with E-state index in [4.69, 9.17) is 16.6 Å². The number of nitrogens with one attached hydrogen (secondary N) is 3. The van der Waals surface area contributed by atoms with Crippen LogP contribution in [0.3, 0.4) is 0 Å². The highest BCUT2D eigenvalue weighted by Gasteiger charge is 2.36. The number of likely N-dealkylation sites (tertiary alicyclic amines) is 2. The molecule has 0 radical (unpaired) electrons. The molecule has 4 fully saturated rings. The van der Waals surface area contributed by atoms with Gasteiger partial charge in [-0.1, -0.05) is 32.0 Å². The van der Waals surface area contributed by atoms with Crippen LogP contribution < -0.4 is 32.3 Å². The number of benzene rings is 1.